The molecule has 0 radical (unpaired) electrons. The number of nitrogens with one attached hydrogen (secondary N) is 2. The van der Waals surface area contributed by atoms with E-state index in [1.807, 2.05) is 60.7 Å². The largest absolute Gasteiger partial charge is 0.534 e. The number of carboxylic acid groups (broad SMARTS) is 1. The Morgan fingerprint density at radius 1 is 0.877 bits per heavy atom. The Bertz CT molecular complexity index is 1990. The van der Waals surface area contributed by atoms with Crippen molar-refractivity contribution < 1.29 is 33.0 Å². The minimum Gasteiger partial charge on any atom is -0.534 e. The average molecular weight is 794 g/mol. The summed E-state index contributed by atoms with van der Waals surface area (Å²) in [5.41, 5.74) is 2.21. The van der Waals surface area contributed by atoms with Crippen LogP contribution in [0.3, 0.4) is 0 Å². The van der Waals surface area contributed by atoms with E-state index in [2.05, 4.69) is 79.9 Å². The first kappa shape index (κ1) is 41.4. The standard InChI is InChI=1S/C46H53F2N3O5Si/c1-46(2,3)57(42-10-6-4-7-11-42,43-12-8-5-9-13-43)56-41-21-19-40(20-22-41)55-32-39(52)31-49-26-24-33-14-17-36(18-15-33)50-37-25-27-51(45(53)54)38(30-37)29-34-28-35(47)16-23-44(34)48/h4-23,28,37-39,49-50,52H,24-27,29-32H2,1-3H3,(H,53,54)/t37?,38?,39-/m0/s1. The van der Waals surface area contributed by atoms with Gasteiger partial charge in [0, 0.05) is 30.9 Å². The number of aliphatic hydroxyl groups excluding tert-OH is 1. The smallest absolute Gasteiger partial charge is 0.407 e. The summed E-state index contributed by atoms with van der Waals surface area (Å²) in [5.74, 6) is 0.342. The fourth-order valence-corrected chi connectivity index (χ4v) is 12.2. The first-order valence-corrected chi connectivity index (χ1v) is 21.5. The van der Waals surface area contributed by atoms with E-state index in [0.717, 1.165) is 41.6 Å². The van der Waals surface area contributed by atoms with Crippen molar-refractivity contribution in [2.75, 3.05) is 31.6 Å². The van der Waals surface area contributed by atoms with Crippen molar-refractivity contribution in [1.29, 1.82) is 0 Å². The maximum Gasteiger partial charge on any atom is 0.407 e. The number of piperidine rings is 1. The maximum atomic E-state index is 14.4. The molecule has 57 heavy (non-hydrogen) atoms. The molecule has 5 aromatic carbocycles. The van der Waals surface area contributed by atoms with Crippen LogP contribution >= 0.6 is 0 Å². The van der Waals surface area contributed by atoms with Gasteiger partial charge in [0.1, 0.15) is 35.8 Å². The van der Waals surface area contributed by atoms with Gasteiger partial charge in [-0.25, -0.2) is 13.6 Å². The summed E-state index contributed by atoms with van der Waals surface area (Å²) in [6.45, 7) is 8.25. The fourth-order valence-electron chi connectivity index (χ4n) is 7.77. The number of anilines is 1. The van der Waals surface area contributed by atoms with E-state index in [1.54, 1.807) is 0 Å². The molecule has 1 heterocycles. The minimum atomic E-state index is -2.75. The van der Waals surface area contributed by atoms with E-state index in [1.165, 1.54) is 15.3 Å². The third kappa shape index (κ3) is 10.6. The third-order valence-corrected chi connectivity index (χ3v) is 15.6. The Kier molecular flexibility index (Phi) is 13.7. The molecule has 4 N–H and O–H groups in total. The van der Waals surface area contributed by atoms with E-state index >= 15 is 0 Å². The van der Waals surface area contributed by atoms with Gasteiger partial charge < -0.3 is 34.9 Å². The highest BCUT2D eigenvalue weighted by molar-refractivity contribution is 7.00. The second-order valence-electron chi connectivity index (χ2n) is 15.8. The lowest BCUT2D eigenvalue weighted by Crippen LogP contribution is -2.68. The van der Waals surface area contributed by atoms with Gasteiger partial charge in [-0.3, -0.25) is 0 Å². The lowest BCUT2D eigenvalue weighted by Gasteiger charge is -2.43. The van der Waals surface area contributed by atoms with Gasteiger partial charge in [0.15, 0.2) is 0 Å². The van der Waals surface area contributed by atoms with E-state index in [-0.39, 0.29) is 29.7 Å². The lowest BCUT2D eigenvalue weighted by atomic mass is 9.92. The van der Waals surface area contributed by atoms with Crippen molar-refractivity contribution >= 4 is 30.5 Å². The van der Waals surface area contributed by atoms with Crippen LogP contribution < -0.4 is 30.2 Å². The Morgan fingerprint density at radius 2 is 1.51 bits per heavy atom. The van der Waals surface area contributed by atoms with Crippen LogP contribution in [0.15, 0.2) is 127 Å². The quantitative estimate of drug-likeness (QED) is 0.0602. The van der Waals surface area contributed by atoms with Crippen LogP contribution in [0.5, 0.6) is 11.5 Å². The van der Waals surface area contributed by atoms with Crippen molar-refractivity contribution in [3.63, 3.8) is 0 Å². The van der Waals surface area contributed by atoms with Gasteiger partial charge >= 0.3 is 14.4 Å². The zero-order valence-electron chi connectivity index (χ0n) is 32.8. The summed E-state index contributed by atoms with van der Waals surface area (Å²) in [5, 5.41) is 29.4. The second kappa shape index (κ2) is 18.8. The SMILES string of the molecule is CC(C)(C)[Si](Oc1ccc(OC[C@@H](O)CNCCc2ccc(NC3CCN(C(=O)O)C(Cc4cc(F)ccc4F)C3)cc2)cc1)(c1ccccc1)c1ccccc1. The van der Waals surface area contributed by atoms with Crippen molar-refractivity contribution in [3.05, 3.63) is 150 Å². The number of carbonyl (C=O) groups is 1. The number of hydrogen-bond acceptors (Lipinski definition) is 6. The number of halogens is 2. The molecular weight excluding hydrogens is 741 g/mol. The summed E-state index contributed by atoms with van der Waals surface area (Å²) in [4.78, 5) is 13.2. The minimum absolute atomic E-state index is 0.0152. The summed E-state index contributed by atoms with van der Waals surface area (Å²) < 4.78 is 41.2. The van der Waals surface area contributed by atoms with Gasteiger partial charge in [-0.1, -0.05) is 93.6 Å². The molecule has 0 spiro atoms. The van der Waals surface area contributed by atoms with E-state index < -0.39 is 38.2 Å². The Labute approximate surface area is 335 Å². The van der Waals surface area contributed by atoms with Gasteiger partial charge in [-0.15, -0.1) is 0 Å². The molecule has 1 aliphatic heterocycles. The predicted molar refractivity (Wildman–Crippen MR) is 224 cm³/mol. The van der Waals surface area contributed by atoms with Crippen LogP contribution in [0.25, 0.3) is 0 Å². The zero-order valence-corrected chi connectivity index (χ0v) is 33.8. The van der Waals surface area contributed by atoms with Crippen LogP contribution in [-0.4, -0.2) is 74.0 Å². The number of aliphatic hydroxyl groups is 1. The van der Waals surface area contributed by atoms with Crippen molar-refractivity contribution in [2.24, 2.45) is 0 Å². The third-order valence-electron chi connectivity index (χ3n) is 10.7. The zero-order chi connectivity index (χ0) is 40.4. The number of amides is 1. The molecule has 0 bridgehead atoms. The van der Waals surface area contributed by atoms with Crippen molar-refractivity contribution in [2.45, 2.75) is 69.7 Å². The molecule has 1 fully saturated rings. The van der Waals surface area contributed by atoms with Crippen molar-refractivity contribution in [3.8, 4) is 11.5 Å². The molecule has 300 valence electrons. The molecule has 6 rings (SSSR count). The first-order valence-electron chi connectivity index (χ1n) is 19.6. The molecule has 8 nitrogen and oxygen atoms in total. The Balaban J connectivity index is 0.946. The number of hydrogen-bond donors (Lipinski definition) is 4. The number of nitrogens with zero attached hydrogens (tertiary/aromatic N) is 1. The van der Waals surface area contributed by atoms with Gasteiger partial charge in [-0.2, -0.15) is 0 Å². The van der Waals surface area contributed by atoms with Crippen LogP contribution in [0.2, 0.25) is 5.04 Å². The molecule has 1 saturated heterocycles. The van der Waals surface area contributed by atoms with Crippen LogP contribution in [0, 0.1) is 11.6 Å². The van der Waals surface area contributed by atoms with Gasteiger partial charge in [0.25, 0.3) is 0 Å². The van der Waals surface area contributed by atoms with Crippen molar-refractivity contribution in [1.82, 2.24) is 10.2 Å². The highest BCUT2D eigenvalue weighted by Crippen LogP contribution is 2.38. The highest BCUT2D eigenvalue weighted by Gasteiger charge is 2.52. The predicted octanol–water partition coefficient (Wildman–Crippen LogP) is 7.64. The van der Waals surface area contributed by atoms with Crippen LogP contribution in [0.1, 0.15) is 44.7 Å². The first-order chi connectivity index (χ1) is 27.4. The molecule has 2 unspecified atom stereocenters. The molecular formula is C46H53F2N3O5Si. The molecule has 0 aromatic heterocycles. The summed E-state index contributed by atoms with van der Waals surface area (Å²) in [6, 6.07) is 39.5. The monoisotopic (exact) mass is 793 g/mol. The topological polar surface area (TPSA) is 103 Å². The molecule has 5 aromatic rings. The summed E-state index contributed by atoms with van der Waals surface area (Å²) >= 11 is 0. The second-order valence-corrected chi connectivity index (χ2v) is 20.0. The Hall–Kier alpha value is -5.23. The van der Waals surface area contributed by atoms with Gasteiger partial charge in [0.05, 0.1) is 0 Å². The number of rotatable bonds is 16. The van der Waals surface area contributed by atoms with E-state index in [9.17, 15) is 23.8 Å². The molecule has 11 heteroatoms. The molecule has 1 amide bonds. The highest BCUT2D eigenvalue weighted by atomic mass is 28.4. The molecule has 0 saturated carbocycles. The van der Waals surface area contributed by atoms with E-state index in [0.29, 0.717) is 38.2 Å². The molecule has 1 aliphatic rings. The fraction of sp³-hybridized carbons (Fsp3) is 0.326. The van der Waals surface area contributed by atoms with Crippen LogP contribution in [0.4, 0.5) is 19.3 Å². The normalized spacial score (nSPS) is 16.5. The van der Waals surface area contributed by atoms with Gasteiger partial charge in [0.2, 0.25) is 0 Å². The summed E-state index contributed by atoms with van der Waals surface area (Å²) in [6.07, 6.45) is 0.194. The number of benzene rings is 5. The van der Waals surface area contributed by atoms with Gasteiger partial charge in [-0.05, 0) is 113 Å². The van der Waals surface area contributed by atoms with E-state index in [4.69, 9.17) is 9.16 Å². The number of likely N-dealkylation sites (tertiary alicyclic amines) is 1. The average Bonchev–Trinajstić information content (AvgIpc) is 3.20. The maximum absolute atomic E-state index is 14.4. The number of ether oxygens (including phenoxy) is 1. The summed E-state index contributed by atoms with van der Waals surface area (Å²) in [7, 11) is -2.75. The molecule has 0 aliphatic carbocycles. The lowest BCUT2D eigenvalue weighted by molar-refractivity contribution is 0.103. The Morgan fingerprint density at radius 3 is 2.12 bits per heavy atom. The molecule has 3 atom stereocenters. The van der Waals surface area contributed by atoms with Crippen LogP contribution in [-0.2, 0) is 12.8 Å².